The van der Waals surface area contributed by atoms with Crippen LogP contribution in [0, 0.1) is 13.8 Å². The molecule has 3 N–H and O–H groups in total. The van der Waals surface area contributed by atoms with Crippen molar-refractivity contribution < 1.29 is 14.7 Å². The molecule has 0 aliphatic heterocycles. The third-order valence-electron chi connectivity index (χ3n) is 4.26. The van der Waals surface area contributed by atoms with Gasteiger partial charge in [-0.25, -0.2) is 0 Å². The third kappa shape index (κ3) is 4.15. The molecule has 0 saturated carbocycles. The molecule has 0 saturated heterocycles. The SMILES string of the molecule is Cc1ccc(NC(=O)c2ccccc2)cc1NC(=O)c1cccc(C)c1O. The summed E-state index contributed by atoms with van der Waals surface area (Å²) in [5, 5.41) is 15.7. The largest absolute Gasteiger partial charge is 0.507 e. The molecule has 136 valence electrons. The van der Waals surface area contributed by atoms with Gasteiger partial charge in [0.1, 0.15) is 5.75 Å². The van der Waals surface area contributed by atoms with E-state index in [2.05, 4.69) is 10.6 Å². The number of benzene rings is 3. The number of para-hydroxylation sites is 1. The molecule has 5 nitrogen and oxygen atoms in total. The molecule has 0 fully saturated rings. The van der Waals surface area contributed by atoms with E-state index in [4.69, 9.17) is 0 Å². The highest BCUT2D eigenvalue weighted by Gasteiger charge is 2.14. The van der Waals surface area contributed by atoms with Crippen molar-refractivity contribution in [3.63, 3.8) is 0 Å². The van der Waals surface area contributed by atoms with Crippen LogP contribution >= 0.6 is 0 Å². The molecule has 27 heavy (non-hydrogen) atoms. The van der Waals surface area contributed by atoms with Gasteiger partial charge < -0.3 is 15.7 Å². The minimum atomic E-state index is -0.411. The van der Waals surface area contributed by atoms with Crippen LogP contribution in [0.25, 0.3) is 0 Å². The Morgan fingerprint density at radius 1 is 0.778 bits per heavy atom. The van der Waals surface area contributed by atoms with Crippen LogP contribution in [0.4, 0.5) is 11.4 Å². The van der Waals surface area contributed by atoms with Gasteiger partial charge in [-0.1, -0.05) is 36.4 Å². The number of phenolic OH excluding ortho intramolecular Hbond substituents is 1. The first-order chi connectivity index (χ1) is 13.0. The van der Waals surface area contributed by atoms with Crippen molar-refractivity contribution >= 4 is 23.2 Å². The first-order valence-electron chi connectivity index (χ1n) is 8.52. The fourth-order valence-electron chi connectivity index (χ4n) is 2.66. The Kier molecular flexibility index (Phi) is 5.22. The zero-order valence-electron chi connectivity index (χ0n) is 15.1. The van der Waals surface area contributed by atoms with Crippen molar-refractivity contribution in [1.29, 1.82) is 0 Å². The first-order valence-corrected chi connectivity index (χ1v) is 8.52. The van der Waals surface area contributed by atoms with Gasteiger partial charge in [0.05, 0.1) is 5.56 Å². The number of aryl methyl sites for hydroxylation is 2. The summed E-state index contributed by atoms with van der Waals surface area (Å²) in [6.07, 6.45) is 0. The normalized spacial score (nSPS) is 10.3. The van der Waals surface area contributed by atoms with Crippen LogP contribution in [0.15, 0.2) is 66.7 Å². The fourth-order valence-corrected chi connectivity index (χ4v) is 2.66. The van der Waals surface area contributed by atoms with Gasteiger partial charge in [0.25, 0.3) is 11.8 Å². The van der Waals surface area contributed by atoms with Crippen molar-refractivity contribution in [2.75, 3.05) is 10.6 Å². The molecule has 0 radical (unpaired) electrons. The second kappa shape index (κ2) is 7.74. The lowest BCUT2D eigenvalue weighted by Gasteiger charge is -2.13. The molecule has 5 heteroatoms. The molecule has 0 bridgehead atoms. The van der Waals surface area contributed by atoms with Gasteiger partial charge in [-0.2, -0.15) is 0 Å². The van der Waals surface area contributed by atoms with Crippen LogP contribution in [0.2, 0.25) is 0 Å². The predicted octanol–water partition coefficient (Wildman–Crippen LogP) is 4.51. The number of carbonyl (C=O) groups is 2. The zero-order chi connectivity index (χ0) is 19.4. The van der Waals surface area contributed by atoms with E-state index in [9.17, 15) is 14.7 Å². The predicted molar refractivity (Wildman–Crippen MR) is 106 cm³/mol. The summed E-state index contributed by atoms with van der Waals surface area (Å²) < 4.78 is 0. The fraction of sp³-hybridized carbons (Fsp3) is 0.0909. The Morgan fingerprint density at radius 2 is 1.52 bits per heavy atom. The van der Waals surface area contributed by atoms with Crippen molar-refractivity contribution in [2.45, 2.75) is 13.8 Å². The van der Waals surface area contributed by atoms with E-state index in [1.165, 1.54) is 0 Å². The number of anilines is 2. The minimum absolute atomic E-state index is 0.0406. The molecule has 0 aliphatic rings. The zero-order valence-corrected chi connectivity index (χ0v) is 15.1. The van der Waals surface area contributed by atoms with Crippen LogP contribution in [-0.2, 0) is 0 Å². The lowest BCUT2D eigenvalue weighted by atomic mass is 10.1. The molecular formula is C22H20N2O3. The molecule has 0 heterocycles. The summed E-state index contributed by atoms with van der Waals surface area (Å²) in [5.74, 6) is -0.680. The smallest absolute Gasteiger partial charge is 0.259 e. The maximum absolute atomic E-state index is 12.5. The molecular weight excluding hydrogens is 340 g/mol. The number of nitrogens with one attached hydrogen (secondary N) is 2. The number of carbonyl (C=O) groups excluding carboxylic acids is 2. The first kappa shape index (κ1) is 18.2. The van der Waals surface area contributed by atoms with E-state index in [-0.39, 0.29) is 17.2 Å². The molecule has 0 aromatic heterocycles. The Bertz CT molecular complexity index is 998. The standard InChI is InChI=1S/C22H20N2O3/c1-14-11-12-17(23-21(26)16-8-4-3-5-9-16)13-19(14)24-22(27)18-10-6-7-15(2)20(18)25/h3-13,25H,1-2H3,(H,23,26)(H,24,27). The van der Waals surface area contributed by atoms with Crippen LogP contribution in [0.1, 0.15) is 31.8 Å². The Labute approximate surface area is 157 Å². The quantitative estimate of drug-likeness (QED) is 0.640. The van der Waals surface area contributed by atoms with Gasteiger partial charge >= 0.3 is 0 Å². The van der Waals surface area contributed by atoms with Gasteiger partial charge in [0, 0.05) is 16.9 Å². The Hall–Kier alpha value is -3.60. The average Bonchev–Trinajstić information content (AvgIpc) is 2.67. The molecule has 3 aromatic carbocycles. The lowest BCUT2D eigenvalue weighted by molar-refractivity contribution is 0.101. The van der Waals surface area contributed by atoms with Gasteiger partial charge in [-0.05, 0) is 55.3 Å². The highest BCUT2D eigenvalue weighted by molar-refractivity contribution is 6.08. The summed E-state index contributed by atoms with van der Waals surface area (Å²) in [5.41, 5.74) is 3.35. The number of amides is 2. The monoisotopic (exact) mass is 360 g/mol. The summed E-state index contributed by atoms with van der Waals surface area (Å²) in [4.78, 5) is 24.8. The van der Waals surface area contributed by atoms with Gasteiger partial charge in [0.15, 0.2) is 0 Å². The van der Waals surface area contributed by atoms with Gasteiger partial charge in [-0.15, -0.1) is 0 Å². The minimum Gasteiger partial charge on any atom is -0.507 e. The second-order valence-electron chi connectivity index (χ2n) is 6.28. The molecule has 2 amide bonds. The van der Waals surface area contributed by atoms with E-state index in [0.29, 0.717) is 22.5 Å². The topological polar surface area (TPSA) is 78.4 Å². The molecule has 0 unspecified atom stereocenters. The summed E-state index contributed by atoms with van der Waals surface area (Å²) in [6.45, 7) is 3.59. The molecule has 0 spiro atoms. The van der Waals surface area contributed by atoms with Crippen LogP contribution in [-0.4, -0.2) is 16.9 Å². The third-order valence-corrected chi connectivity index (χ3v) is 4.26. The summed E-state index contributed by atoms with van der Waals surface area (Å²) in [7, 11) is 0. The molecule has 3 rings (SSSR count). The summed E-state index contributed by atoms with van der Waals surface area (Å²) in [6, 6.07) is 19.2. The molecule has 0 atom stereocenters. The number of rotatable bonds is 4. The van der Waals surface area contributed by atoms with Gasteiger partial charge in [0.2, 0.25) is 0 Å². The van der Waals surface area contributed by atoms with E-state index in [0.717, 1.165) is 5.56 Å². The van der Waals surface area contributed by atoms with Crippen molar-refractivity contribution in [2.24, 2.45) is 0 Å². The Morgan fingerprint density at radius 3 is 2.26 bits per heavy atom. The van der Waals surface area contributed by atoms with E-state index in [1.807, 2.05) is 19.1 Å². The number of hydrogen-bond donors (Lipinski definition) is 3. The average molecular weight is 360 g/mol. The highest BCUT2D eigenvalue weighted by atomic mass is 16.3. The van der Waals surface area contributed by atoms with Crippen LogP contribution in [0.3, 0.4) is 0 Å². The van der Waals surface area contributed by atoms with Crippen molar-refractivity contribution in [3.05, 3.63) is 89.0 Å². The maximum atomic E-state index is 12.5. The van der Waals surface area contributed by atoms with Crippen molar-refractivity contribution in [3.8, 4) is 5.75 Å². The molecule has 3 aromatic rings. The van der Waals surface area contributed by atoms with E-state index in [1.54, 1.807) is 61.5 Å². The maximum Gasteiger partial charge on any atom is 0.259 e. The highest BCUT2D eigenvalue weighted by Crippen LogP contribution is 2.25. The van der Waals surface area contributed by atoms with Crippen LogP contribution < -0.4 is 10.6 Å². The number of phenols is 1. The summed E-state index contributed by atoms with van der Waals surface area (Å²) >= 11 is 0. The van der Waals surface area contributed by atoms with E-state index >= 15 is 0 Å². The van der Waals surface area contributed by atoms with Crippen LogP contribution in [0.5, 0.6) is 5.75 Å². The Balaban J connectivity index is 1.80. The lowest BCUT2D eigenvalue weighted by Crippen LogP contribution is -2.15. The second-order valence-corrected chi connectivity index (χ2v) is 6.28. The van der Waals surface area contributed by atoms with E-state index < -0.39 is 5.91 Å². The van der Waals surface area contributed by atoms with Gasteiger partial charge in [-0.3, -0.25) is 9.59 Å². The number of hydrogen-bond acceptors (Lipinski definition) is 3. The van der Waals surface area contributed by atoms with Crippen molar-refractivity contribution in [1.82, 2.24) is 0 Å². The number of aromatic hydroxyl groups is 1. The molecule has 0 aliphatic carbocycles.